The Morgan fingerprint density at radius 3 is 2.49 bits per heavy atom. The maximum Gasteiger partial charge on any atom is 0.247 e. The standard InChI is InChI=1S/C26H32N4O4S/c1-18-11-12-21(16-25(18)35(33,34)30-13-7-3-4-8-14-30)29-26(32)24(28-19(2)31)15-20-17-27-23-10-6-5-9-22(20)23/h5-6,9-12,16-17,24,27H,3-4,7-8,13-15H2,1-2H3,(H,28,31)(H,29,32)/t24-/m0/s1. The van der Waals surface area contributed by atoms with Gasteiger partial charge < -0.3 is 15.6 Å². The molecule has 2 heterocycles. The van der Waals surface area contributed by atoms with Crippen molar-refractivity contribution in [2.24, 2.45) is 0 Å². The number of hydrogen-bond donors (Lipinski definition) is 3. The molecule has 1 aliphatic rings. The largest absolute Gasteiger partial charge is 0.361 e. The van der Waals surface area contributed by atoms with Crippen LogP contribution in [0.25, 0.3) is 10.9 Å². The van der Waals surface area contributed by atoms with E-state index in [4.69, 9.17) is 0 Å². The van der Waals surface area contributed by atoms with Crippen molar-refractivity contribution in [1.82, 2.24) is 14.6 Å². The Hall–Kier alpha value is -3.17. The number of aryl methyl sites for hydroxylation is 1. The topological polar surface area (TPSA) is 111 Å². The Kier molecular flexibility index (Phi) is 7.57. The van der Waals surface area contributed by atoms with Crippen LogP contribution in [-0.2, 0) is 26.0 Å². The number of sulfonamides is 1. The van der Waals surface area contributed by atoms with Gasteiger partial charge in [0.2, 0.25) is 21.8 Å². The predicted molar refractivity (Wildman–Crippen MR) is 137 cm³/mol. The molecule has 3 N–H and O–H groups in total. The number of anilines is 1. The second-order valence-electron chi connectivity index (χ2n) is 9.10. The van der Waals surface area contributed by atoms with E-state index >= 15 is 0 Å². The third-order valence-corrected chi connectivity index (χ3v) is 8.47. The lowest BCUT2D eigenvalue weighted by atomic mass is 10.0. The summed E-state index contributed by atoms with van der Waals surface area (Å²) in [5, 5.41) is 6.53. The molecule has 0 unspecified atom stereocenters. The van der Waals surface area contributed by atoms with E-state index in [2.05, 4.69) is 15.6 Å². The molecule has 186 valence electrons. The van der Waals surface area contributed by atoms with E-state index in [1.165, 1.54) is 13.0 Å². The molecule has 0 bridgehead atoms. The number of aromatic amines is 1. The molecule has 2 aromatic carbocycles. The van der Waals surface area contributed by atoms with Crippen LogP contribution in [-0.4, -0.2) is 48.7 Å². The van der Waals surface area contributed by atoms with E-state index < -0.39 is 22.0 Å². The summed E-state index contributed by atoms with van der Waals surface area (Å²) in [6, 6.07) is 11.8. The number of nitrogens with zero attached hydrogens (tertiary/aromatic N) is 1. The quantitative estimate of drug-likeness (QED) is 0.463. The summed E-state index contributed by atoms with van der Waals surface area (Å²) in [4.78, 5) is 28.4. The molecule has 35 heavy (non-hydrogen) atoms. The van der Waals surface area contributed by atoms with Crippen LogP contribution in [0.2, 0.25) is 0 Å². The summed E-state index contributed by atoms with van der Waals surface area (Å²) < 4.78 is 28.3. The van der Waals surface area contributed by atoms with Crippen LogP contribution in [0.4, 0.5) is 5.69 Å². The number of rotatable bonds is 7. The lowest BCUT2D eigenvalue weighted by molar-refractivity contribution is -0.125. The molecular formula is C26H32N4O4S. The van der Waals surface area contributed by atoms with Crippen molar-refractivity contribution < 1.29 is 18.0 Å². The SMILES string of the molecule is CC(=O)N[C@@H](Cc1c[nH]c2ccccc12)C(=O)Nc1ccc(C)c(S(=O)(=O)N2CCCCCC2)c1. The maximum absolute atomic E-state index is 13.4. The molecule has 4 rings (SSSR count). The van der Waals surface area contributed by atoms with Crippen molar-refractivity contribution in [1.29, 1.82) is 0 Å². The minimum Gasteiger partial charge on any atom is -0.361 e. The van der Waals surface area contributed by atoms with Gasteiger partial charge in [0.1, 0.15) is 6.04 Å². The smallest absolute Gasteiger partial charge is 0.247 e. The second-order valence-corrected chi connectivity index (χ2v) is 11.0. The van der Waals surface area contributed by atoms with Gasteiger partial charge in [-0.15, -0.1) is 0 Å². The van der Waals surface area contributed by atoms with Gasteiger partial charge in [-0.3, -0.25) is 9.59 Å². The predicted octanol–water partition coefficient (Wildman–Crippen LogP) is 3.73. The van der Waals surface area contributed by atoms with Crippen LogP contribution < -0.4 is 10.6 Å². The summed E-state index contributed by atoms with van der Waals surface area (Å²) in [5.41, 5.74) is 2.86. The van der Waals surface area contributed by atoms with Crippen molar-refractivity contribution in [2.75, 3.05) is 18.4 Å². The van der Waals surface area contributed by atoms with Crippen LogP contribution in [0.15, 0.2) is 53.6 Å². The molecule has 0 saturated carbocycles. The van der Waals surface area contributed by atoms with E-state index in [1.807, 2.05) is 30.5 Å². The fraction of sp³-hybridized carbons (Fsp3) is 0.385. The van der Waals surface area contributed by atoms with Gasteiger partial charge in [-0.2, -0.15) is 4.31 Å². The van der Waals surface area contributed by atoms with E-state index in [0.717, 1.165) is 42.1 Å². The second kappa shape index (κ2) is 10.6. The number of hydrogen-bond acceptors (Lipinski definition) is 4. The maximum atomic E-state index is 13.4. The Labute approximate surface area is 206 Å². The van der Waals surface area contributed by atoms with Crippen LogP contribution in [0.1, 0.15) is 43.7 Å². The number of fused-ring (bicyclic) bond motifs is 1. The van der Waals surface area contributed by atoms with E-state index in [-0.39, 0.29) is 10.8 Å². The Morgan fingerprint density at radius 1 is 1.06 bits per heavy atom. The van der Waals surface area contributed by atoms with E-state index in [1.54, 1.807) is 23.4 Å². The van der Waals surface area contributed by atoms with Gasteiger partial charge >= 0.3 is 0 Å². The van der Waals surface area contributed by atoms with E-state index in [0.29, 0.717) is 30.8 Å². The fourth-order valence-corrected chi connectivity index (χ4v) is 6.35. The number of carbonyl (C=O) groups is 2. The van der Waals surface area contributed by atoms with Crippen molar-refractivity contribution in [3.05, 3.63) is 59.8 Å². The third kappa shape index (κ3) is 5.74. The highest BCUT2D eigenvalue weighted by Crippen LogP contribution is 2.26. The Balaban J connectivity index is 1.56. The lowest BCUT2D eigenvalue weighted by Crippen LogP contribution is -2.44. The molecule has 1 atom stereocenters. The third-order valence-electron chi connectivity index (χ3n) is 6.43. The normalized spacial score (nSPS) is 15.9. The molecule has 0 spiro atoms. The Bertz CT molecular complexity index is 1320. The number of para-hydroxylation sites is 1. The van der Waals surface area contributed by atoms with Gasteiger partial charge in [0.25, 0.3) is 0 Å². The van der Waals surface area contributed by atoms with Gasteiger partial charge in [0.15, 0.2) is 0 Å². The lowest BCUT2D eigenvalue weighted by Gasteiger charge is -2.22. The van der Waals surface area contributed by atoms with Gasteiger partial charge in [-0.05, 0) is 49.1 Å². The zero-order chi connectivity index (χ0) is 25.0. The zero-order valence-corrected chi connectivity index (χ0v) is 21.0. The molecule has 0 aliphatic carbocycles. The van der Waals surface area contributed by atoms with Crippen molar-refractivity contribution in [3.63, 3.8) is 0 Å². The van der Waals surface area contributed by atoms with E-state index in [9.17, 15) is 18.0 Å². The average molecular weight is 497 g/mol. The molecule has 1 saturated heterocycles. The molecule has 1 fully saturated rings. The summed E-state index contributed by atoms with van der Waals surface area (Å²) in [6.45, 7) is 4.14. The van der Waals surface area contributed by atoms with Gasteiger partial charge in [-0.25, -0.2) is 8.42 Å². The van der Waals surface area contributed by atoms with Gasteiger partial charge in [0.05, 0.1) is 4.90 Å². The first-order chi connectivity index (χ1) is 16.8. The number of nitrogens with one attached hydrogen (secondary N) is 3. The first-order valence-electron chi connectivity index (χ1n) is 12.0. The molecular weight excluding hydrogens is 464 g/mol. The van der Waals surface area contributed by atoms with Crippen LogP contribution in [0, 0.1) is 6.92 Å². The van der Waals surface area contributed by atoms with Crippen LogP contribution in [0.5, 0.6) is 0 Å². The number of H-pyrrole nitrogens is 1. The summed E-state index contributed by atoms with van der Waals surface area (Å²) >= 11 is 0. The van der Waals surface area contributed by atoms with Crippen LogP contribution in [0.3, 0.4) is 0 Å². The van der Waals surface area contributed by atoms with Crippen molar-refractivity contribution in [3.8, 4) is 0 Å². The number of aromatic nitrogens is 1. The monoisotopic (exact) mass is 496 g/mol. The van der Waals surface area contributed by atoms with Gasteiger partial charge in [0, 0.05) is 49.2 Å². The highest BCUT2D eigenvalue weighted by Gasteiger charge is 2.28. The van der Waals surface area contributed by atoms with Gasteiger partial charge in [-0.1, -0.05) is 37.1 Å². The summed E-state index contributed by atoms with van der Waals surface area (Å²) in [6.07, 6.45) is 5.89. The van der Waals surface area contributed by atoms with Crippen molar-refractivity contribution >= 4 is 38.4 Å². The number of amides is 2. The first-order valence-corrected chi connectivity index (χ1v) is 13.4. The molecule has 1 aliphatic heterocycles. The zero-order valence-electron chi connectivity index (χ0n) is 20.1. The summed E-state index contributed by atoms with van der Waals surface area (Å²) in [5.74, 6) is -0.731. The first kappa shape index (κ1) is 24.9. The number of benzene rings is 2. The molecule has 2 amide bonds. The summed E-state index contributed by atoms with van der Waals surface area (Å²) in [7, 11) is -3.67. The number of carbonyl (C=O) groups excluding carboxylic acids is 2. The highest BCUT2D eigenvalue weighted by atomic mass is 32.2. The average Bonchev–Trinajstić information content (AvgIpc) is 3.03. The fourth-order valence-electron chi connectivity index (χ4n) is 4.58. The molecule has 8 nitrogen and oxygen atoms in total. The Morgan fingerprint density at radius 2 is 1.77 bits per heavy atom. The van der Waals surface area contributed by atoms with Crippen LogP contribution >= 0.6 is 0 Å². The molecule has 0 radical (unpaired) electrons. The molecule has 1 aromatic heterocycles. The molecule has 9 heteroatoms. The highest BCUT2D eigenvalue weighted by molar-refractivity contribution is 7.89. The minimum absolute atomic E-state index is 0.199. The van der Waals surface area contributed by atoms with Crippen molar-refractivity contribution in [2.45, 2.75) is 56.9 Å². The molecule has 3 aromatic rings. The minimum atomic E-state index is -3.67.